The molecular weight excluding hydrogens is 256 g/mol. The van der Waals surface area contributed by atoms with Crippen molar-refractivity contribution in [2.24, 2.45) is 0 Å². The van der Waals surface area contributed by atoms with E-state index in [1.165, 1.54) is 54.3 Å². The molecule has 0 nitrogen and oxygen atoms in total. The molecule has 0 N–H and O–H groups in total. The van der Waals surface area contributed by atoms with Gasteiger partial charge in [0.25, 0.3) is 0 Å². The first-order valence-electron chi connectivity index (χ1n) is 7.28. The molecule has 2 heterocycles. The van der Waals surface area contributed by atoms with Gasteiger partial charge in [-0.2, -0.15) is 0 Å². The van der Waals surface area contributed by atoms with Crippen molar-refractivity contribution >= 4 is 32.1 Å². The molecule has 0 aliphatic rings. The summed E-state index contributed by atoms with van der Waals surface area (Å²) in [6.45, 7) is 4.67. The van der Waals surface area contributed by atoms with Crippen LogP contribution >= 0.6 is 22.7 Å². The van der Waals surface area contributed by atoms with Crippen LogP contribution in [0.5, 0.6) is 0 Å². The normalized spacial score (nSPS) is 13.2. The van der Waals surface area contributed by atoms with Crippen LogP contribution in [-0.2, 0) is 0 Å². The molecule has 0 radical (unpaired) electrons. The van der Waals surface area contributed by atoms with Gasteiger partial charge in [0.1, 0.15) is 0 Å². The largest absolute Gasteiger partial charge is 0.143 e. The van der Waals surface area contributed by atoms with E-state index in [-0.39, 0.29) is 0 Å². The summed E-state index contributed by atoms with van der Waals surface area (Å²) in [5, 5.41) is 2.20. The van der Waals surface area contributed by atoms with Crippen LogP contribution in [0.2, 0.25) is 0 Å². The summed E-state index contributed by atoms with van der Waals surface area (Å²) in [4.78, 5) is 1.59. The molecule has 2 rings (SSSR count). The highest BCUT2D eigenvalue weighted by Crippen LogP contribution is 2.35. The molecule has 0 aliphatic carbocycles. The van der Waals surface area contributed by atoms with E-state index >= 15 is 0 Å². The zero-order valence-electron chi connectivity index (χ0n) is 11.6. The molecule has 2 aromatic rings. The number of rotatable bonds is 8. The maximum Gasteiger partial charge on any atom is 0.0453 e. The Kier molecular flexibility index (Phi) is 5.71. The summed E-state index contributed by atoms with van der Waals surface area (Å²) < 4.78 is 2.95. The number of unbranched alkanes of at least 4 members (excludes halogenated alkanes) is 5. The van der Waals surface area contributed by atoms with Crippen LogP contribution in [0, 0.1) is 0 Å². The van der Waals surface area contributed by atoms with Gasteiger partial charge in [-0.1, -0.05) is 52.4 Å². The minimum atomic E-state index is 0.751. The van der Waals surface area contributed by atoms with Crippen molar-refractivity contribution in [1.82, 2.24) is 0 Å². The predicted molar refractivity (Wildman–Crippen MR) is 86.1 cm³/mol. The Morgan fingerprint density at radius 1 is 1.06 bits per heavy atom. The lowest BCUT2D eigenvalue weighted by Gasteiger charge is -2.08. The van der Waals surface area contributed by atoms with Gasteiger partial charge in [-0.25, -0.2) is 0 Å². The van der Waals surface area contributed by atoms with Crippen LogP contribution in [0.25, 0.3) is 9.40 Å². The Labute approximate surface area is 119 Å². The number of thiophene rings is 2. The Morgan fingerprint density at radius 2 is 1.83 bits per heavy atom. The molecule has 0 fully saturated rings. The minimum Gasteiger partial charge on any atom is -0.143 e. The Balaban J connectivity index is 1.71. The van der Waals surface area contributed by atoms with E-state index in [0.29, 0.717) is 0 Å². The van der Waals surface area contributed by atoms with Gasteiger partial charge in [0.2, 0.25) is 0 Å². The molecule has 0 bridgehead atoms. The molecule has 0 amide bonds. The van der Waals surface area contributed by atoms with E-state index in [1.54, 1.807) is 4.88 Å². The van der Waals surface area contributed by atoms with Gasteiger partial charge in [-0.15, -0.1) is 22.7 Å². The van der Waals surface area contributed by atoms with Crippen LogP contribution in [0.4, 0.5) is 0 Å². The molecule has 0 aromatic carbocycles. The van der Waals surface area contributed by atoms with E-state index in [0.717, 1.165) is 5.92 Å². The molecule has 2 heteroatoms. The summed E-state index contributed by atoms with van der Waals surface area (Å²) in [5.74, 6) is 0.751. The molecule has 0 saturated carbocycles. The highest BCUT2D eigenvalue weighted by atomic mass is 32.1. The molecule has 1 unspecified atom stereocenters. The van der Waals surface area contributed by atoms with Gasteiger partial charge in [0.05, 0.1) is 0 Å². The monoisotopic (exact) mass is 280 g/mol. The van der Waals surface area contributed by atoms with Gasteiger partial charge in [-0.3, -0.25) is 0 Å². The van der Waals surface area contributed by atoms with Crippen molar-refractivity contribution in [3.05, 3.63) is 22.4 Å². The smallest absolute Gasteiger partial charge is 0.0453 e. The molecule has 100 valence electrons. The summed E-state index contributed by atoms with van der Waals surface area (Å²) >= 11 is 3.87. The van der Waals surface area contributed by atoms with Crippen LogP contribution in [0.1, 0.15) is 69.6 Å². The Bertz CT molecular complexity index is 424. The Morgan fingerprint density at radius 3 is 2.61 bits per heavy atom. The topological polar surface area (TPSA) is 0 Å². The van der Waals surface area contributed by atoms with E-state index < -0.39 is 0 Å². The minimum absolute atomic E-state index is 0.751. The second-order valence-electron chi connectivity index (χ2n) is 5.26. The van der Waals surface area contributed by atoms with Gasteiger partial charge in [0, 0.05) is 14.3 Å². The summed E-state index contributed by atoms with van der Waals surface area (Å²) in [5.41, 5.74) is 0. The van der Waals surface area contributed by atoms with E-state index in [1.807, 2.05) is 22.7 Å². The van der Waals surface area contributed by atoms with Gasteiger partial charge >= 0.3 is 0 Å². The average Bonchev–Trinajstić information content (AvgIpc) is 2.93. The van der Waals surface area contributed by atoms with Crippen LogP contribution < -0.4 is 0 Å². The zero-order valence-corrected chi connectivity index (χ0v) is 13.2. The first kappa shape index (κ1) is 14.1. The highest BCUT2D eigenvalue weighted by molar-refractivity contribution is 7.26. The van der Waals surface area contributed by atoms with E-state index in [2.05, 4.69) is 31.4 Å². The third-order valence-electron chi connectivity index (χ3n) is 3.63. The summed E-state index contributed by atoms with van der Waals surface area (Å²) in [6.07, 6.45) is 9.80. The average molecular weight is 281 g/mol. The number of hydrogen-bond acceptors (Lipinski definition) is 2. The van der Waals surface area contributed by atoms with Gasteiger partial charge in [-0.05, 0) is 29.9 Å². The zero-order chi connectivity index (χ0) is 12.8. The molecule has 0 spiro atoms. The highest BCUT2D eigenvalue weighted by Gasteiger charge is 2.10. The molecule has 0 saturated heterocycles. The van der Waals surface area contributed by atoms with Crippen molar-refractivity contribution < 1.29 is 0 Å². The third-order valence-corrected chi connectivity index (χ3v) is 5.96. The molecule has 0 aliphatic heterocycles. The lowest BCUT2D eigenvalue weighted by molar-refractivity contribution is 0.560. The maximum absolute atomic E-state index is 2.41. The SMILES string of the molecule is CCCCCCCCC(C)c1cc2sccc2s1. The fourth-order valence-corrected chi connectivity index (χ4v) is 4.61. The lowest BCUT2D eigenvalue weighted by atomic mass is 10.0. The number of fused-ring (bicyclic) bond motifs is 1. The van der Waals surface area contributed by atoms with Crippen molar-refractivity contribution in [3.63, 3.8) is 0 Å². The first-order chi connectivity index (χ1) is 8.81. The first-order valence-corrected chi connectivity index (χ1v) is 8.97. The molecule has 1 atom stereocenters. The molecule has 2 aromatic heterocycles. The van der Waals surface area contributed by atoms with E-state index in [4.69, 9.17) is 0 Å². The molecule has 18 heavy (non-hydrogen) atoms. The maximum atomic E-state index is 2.41. The second-order valence-corrected chi connectivity index (χ2v) is 7.32. The molecular formula is C16H24S2. The van der Waals surface area contributed by atoms with Crippen molar-refractivity contribution in [3.8, 4) is 0 Å². The van der Waals surface area contributed by atoms with Crippen molar-refractivity contribution in [1.29, 1.82) is 0 Å². The van der Waals surface area contributed by atoms with Crippen molar-refractivity contribution in [2.45, 2.75) is 64.7 Å². The van der Waals surface area contributed by atoms with Crippen molar-refractivity contribution in [2.75, 3.05) is 0 Å². The van der Waals surface area contributed by atoms with Gasteiger partial charge in [0.15, 0.2) is 0 Å². The standard InChI is InChI=1S/C16H24S2/c1-3-4-5-6-7-8-9-13(2)15-12-16-14(18-15)10-11-17-16/h10-13H,3-9H2,1-2H3. The fraction of sp³-hybridized carbons (Fsp3) is 0.625. The summed E-state index contributed by atoms with van der Waals surface area (Å²) in [7, 11) is 0. The van der Waals surface area contributed by atoms with Crippen LogP contribution in [0.15, 0.2) is 17.5 Å². The lowest BCUT2D eigenvalue weighted by Crippen LogP contribution is -1.90. The van der Waals surface area contributed by atoms with Gasteiger partial charge < -0.3 is 0 Å². The summed E-state index contributed by atoms with van der Waals surface area (Å²) in [6, 6.07) is 4.66. The Hall–Kier alpha value is -0.340. The van der Waals surface area contributed by atoms with Crippen LogP contribution in [-0.4, -0.2) is 0 Å². The quantitative estimate of drug-likeness (QED) is 0.465. The van der Waals surface area contributed by atoms with E-state index in [9.17, 15) is 0 Å². The fourth-order valence-electron chi connectivity index (χ4n) is 2.40. The number of hydrogen-bond donors (Lipinski definition) is 0. The third kappa shape index (κ3) is 3.83. The predicted octanol–water partition coefficient (Wildman–Crippen LogP) is 6.82. The van der Waals surface area contributed by atoms with Crippen LogP contribution in [0.3, 0.4) is 0 Å². The second kappa shape index (κ2) is 7.30.